The maximum Gasteiger partial charge on any atom is 0.255 e. The Labute approximate surface area is 96.7 Å². The van der Waals surface area contributed by atoms with E-state index < -0.39 is 5.91 Å². The highest BCUT2D eigenvalue weighted by molar-refractivity contribution is 6.04. The number of H-pyrrole nitrogens is 1. The van der Waals surface area contributed by atoms with Gasteiger partial charge in [-0.15, -0.1) is 0 Å². The second-order valence-corrected chi connectivity index (χ2v) is 3.45. The van der Waals surface area contributed by atoms with Gasteiger partial charge in [-0.1, -0.05) is 6.07 Å². The molecule has 1 heterocycles. The Hall–Kier alpha value is -2.56. The first kappa shape index (κ1) is 10.9. The highest BCUT2D eigenvalue weighted by Gasteiger charge is 2.06. The van der Waals surface area contributed by atoms with Gasteiger partial charge in [-0.05, 0) is 18.2 Å². The number of anilines is 1. The first-order valence-electron chi connectivity index (χ1n) is 4.94. The smallest absolute Gasteiger partial charge is 0.255 e. The van der Waals surface area contributed by atoms with Crippen LogP contribution in [0.4, 0.5) is 5.69 Å². The summed E-state index contributed by atoms with van der Waals surface area (Å²) in [5, 5.41) is 11.8. The summed E-state index contributed by atoms with van der Waals surface area (Å²) >= 11 is 0. The molecule has 3 N–H and O–H groups in total. The van der Waals surface area contributed by atoms with E-state index in [-0.39, 0.29) is 16.9 Å². The molecule has 0 bridgehead atoms. The van der Waals surface area contributed by atoms with Crippen molar-refractivity contribution < 1.29 is 9.90 Å². The Balaban J connectivity index is 2.20. The Morgan fingerprint density at radius 3 is 2.76 bits per heavy atom. The van der Waals surface area contributed by atoms with Crippen LogP contribution in [0.3, 0.4) is 0 Å². The molecule has 0 saturated carbocycles. The average Bonchev–Trinajstić information content (AvgIpc) is 2.29. The van der Waals surface area contributed by atoms with Gasteiger partial charge in [0.05, 0.1) is 0 Å². The number of carbonyl (C=O) groups excluding carboxylic acids is 1. The molecule has 5 heteroatoms. The molecule has 1 aromatic heterocycles. The fourth-order valence-corrected chi connectivity index (χ4v) is 1.37. The minimum atomic E-state index is -0.401. The molecule has 0 atom stereocenters. The molecule has 0 saturated heterocycles. The summed E-state index contributed by atoms with van der Waals surface area (Å²) in [7, 11) is 0. The normalized spacial score (nSPS) is 9.88. The molecule has 1 amide bonds. The molecule has 0 radical (unpaired) electrons. The van der Waals surface area contributed by atoms with Gasteiger partial charge in [0.15, 0.2) is 0 Å². The third-order valence-corrected chi connectivity index (χ3v) is 2.14. The fourth-order valence-electron chi connectivity index (χ4n) is 1.37. The maximum absolute atomic E-state index is 11.7. The molecule has 0 spiro atoms. The third kappa shape index (κ3) is 2.72. The molecule has 17 heavy (non-hydrogen) atoms. The molecular formula is C12H10N2O3. The number of rotatable bonds is 2. The van der Waals surface area contributed by atoms with Gasteiger partial charge in [0.25, 0.3) is 5.91 Å². The molecule has 0 aliphatic carbocycles. The summed E-state index contributed by atoms with van der Waals surface area (Å²) < 4.78 is 0. The molecule has 0 aliphatic heterocycles. The van der Waals surface area contributed by atoms with Crippen molar-refractivity contribution in [1.82, 2.24) is 4.98 Å². The van der Waals surface area contributed by atoms with E-state index in [1.54, 1.807) is 12.1 Å². The van der Waals surface area contributed by atoms with Crippen LogP contribution in [0.25, 0.3) is 0 Å². The topological polar surface area (TPSA) is 82.2 Å². The van der Waals surface area contributed by atoms with Crippen LogP contribution in [0.5, 0.6) is 5.75 Å². The maximum atomic E-state index is 11.7. The van der Waals surface area contributed by atoms with Crippen LogP contribution in [0, 0.1) is 0 Å². The van der Waals surface area contributed by atoms with Crippen molar-refractivity contribution in [3.8, 4) is 5.75 Å². The van der Waals surface area contributed by atoms with E-state index in [1.165, 1.54) is 30.5 Å². The lowest BCUT2D eigenvalue weighted by Crippen LogP contribution is -2.15. The highest BCUT2D eigenvalue weighted by Crippen LogP contribution is 2.15. The number of aromatic hydroxyl groups is 1. The van der Waals surface area contributed by atoms with Crippen LogP contribution in [0.1, 0.15) is 10.4 Å². The lowest BCUT2D eigenvalue weighted by atomic mass is 10.2. The number of aromatic nitrogens is 1. The number of hydrogen-bond acceptors (Lipinski definition) is 3. The quantitative estimate of drug-likeness (QED) is 0.727. The van der Waals surface area contributed by atoms with Gasteiger partial charge in [-0.3, -0.25) is 9.59 Å². The monoisotopic (exact) mass is 230 g/mol. The van der Waals surface area contributed by atoms with Gasteiger partial charge < -0.3 is 15.4 Å². The number of amides is 1. The third-order valence-electron chi connectivity index (χ3n) is 2.14. The SMILES string of the molecule is O=C(Nc1cccc(O)c1)c1cc[nH]c(=O)c1. The van der Waals surface area contributed by atoms with Crippen molar-refractivity contribution in [2.45, 2.75) is 0 Å². The predicted octanol–water partition coefficient (Wildman–Crippen LogP) is 1.33. The molecule has 0 aliphatic rings. The van der Waals surface area contributed by atoms with Crippen molar-refractivity contribution in [2.24, 2.45) is 0 Å². The van der Waals surface area contributed by atoms with Crippen LogP contribution < -0.4 is 10.9 Å². The minimum absolute atomic E-state index is 0.0636. The summed E-state index contributed by atoms with van der Waals surface area (Å²) in [6.45, 7) is 0. The molecule has 1 aromatic carbocycles. The van der Waals surface area contributed by atoms with Crippen LogP contribution in [0.2, 0.25) is 0 Å². The van der Waals surface area contributed by atoms with Gasteiger partial charge >= 0.3 is 0 Å². The lowest BCUT2D eigenvalue weighted by Gasteiger charge is -2.04. The van der Waals surface area contributed by atoms with E-state index in [1.807, 2.05) is 0 Å². The summed E-state index contributed by atoms with van der Waals surface area (Å²) in [4.78, 5) is 25.2. The highest BCUT2D eigenvalue weighted by atomic mass is 16.3. The van der Waals surface area contributed by atoms with Crippen LogP contribution in [0.15, 0.2) is 47.4 Å². The second-order valence-electron chi connectivity index (χ2n) is 3.45. The lowest BCUT2D eigenvalue weighted by molar-refractivity contribution is 0.102. The van der Waals surface area contributed by atoms with Gasteiger partial charge in [-0.2, -0.15) is 0 Å². The Kier molecular flexibility index (Phi) is 2.91. The number of pyridine rings is 1. The zero-order chi connectivity index (χ0) is 12.3. The van der Waals surface area contributed by atoms with Crippen LogP contribution in [-0.4, -0.2) is 16.0 Å². The molecule has 2 rings (SSSR count). The number of carbonyl (C=O) groups is 1. The van der Waals surface area contributed by atoms with Gasteiger partial charge in [0.1, 0.15) is 5.75 Å². The molecular weight excluding hydrogens is 220 g/mol. The summed E-state index contributed by atoms with van der Waals surface area (Å²) in [6, 6.07) is 8.89. The van der Waals surface area contributed by atoms with Crippen molar-refractivity contribution >= 4 is 11.6 Å². The standard InChI is InChI=1S/C12H10N2O3/c15-10-3-1-2-9(7-10)14-12(17)8-4-5-13-11(16)6-8/h1-7,15H,(H,13,16)(H,14,17). The molecule has 0 fully saturated rings. The van der Waals surface area contributed by atoms with Gasteiger partial charge in [0.2, 0.25) is 5.56 Å². The second kappa shape index (κ2) is 4.52. The summed E-state index contributed by atoms with van der Waals surface area (Å²) in [5.74, 6) is -0.338. The number of nitrogens with one attached hydrogen (secondary N) is 2. The minimum Gasteiger partial charge on any atom is -0.508 e. The molecule has 5 nitrogen and oxygen atoms in total. The Morgan fingerprint density at radius 2 is 2.06 bits per heavy atom. The van der Waals surface area contributed by atoms with Crippen molar-refractivity contribution in [1.29, 1.82) is 0 Å². The van der Waals surface area contributed by atoms with Gasteiger partial charge in [0, 0.05) is 29.6 Å². The van der Waals surface area contributed by atoms with Crippen LogP contribution in [-0.2, 0) is 0 Å². The van der Waals surface area contributed by atoms with E-state index in [9.17, 15) is 14.7 Å². The van der Waals surface area contributed by atoms with Crippen molar-refractivity contribution in [3.05, 3.63) is 58.5 Å². The molecule has 86 valence electrons. The first-order chi connectivity index (χ1) is 8.15. The average molecular weight is 230 g/mol. The summed E-state index contributed by atoms with van der Waals surface area (Å²) in [5.41, 5.74) is 0.390. The molecule has 2 aromatic rings. The van der Waals surface area contributed by atoms with E-state index >= 15 is 0 Å². The number of phenols is 1. The zero-order valence-corrected chi connectivity index (χ0v) is 8.81. The number of phenolic OH excluding ortho intramolecular Hbond substituents is 1. The zero-order valence-electron chi connectivity index (χ0n) is 8.81. The van der Waals surface area contributed by atoms with E-state index in [2.05, 4.69) is 10.3 Å². The largest absolute Gasteiger partial charge is 0.508 e. The van der Waals surface area contributed by atoms with E-state index in [0.717, 1.165) is 0 Å². The fraction of sp³-hybridized carbons (Fsp3) is 0. The summed E-state index contributed by atoms with van der Waals surface area (Å²) in [6.07, 6.45) is 1.40. The van der Waals surface area contributed by atoms with E-state index in [0.29, 0.717) is 5.69 Å². The van der Waals surface area contributed by atoms with Crippen molar-refractivity contribution in [2.75, 3.05) is 5.32 Å². The number of aromatic amines is 1. The predicted molar refractivity (Wildman–Crippen MR) is 63.1 cm³/mol. The van der Waals surface area contributed by atoms with Crippen LogP contribution >= 0.6 is 0 Å². The Morgan fingerprint density at radius 1 is 1.24 bits per heavy atom. The van der Waals surface area contributed by atoms with E-state index in [4.69, 9.17) is 0 Å². The Bertz CT molecular complexity index is 604. The molecule has 0 unspecified atom stereocenters. The number of benzene rings is 1. The van der Waals surface area contributed by atoms with Crippen molar-refractivity contribution in [3.63, 3.8) is 0 Å². The van der Waals surface area contributed by atoms with Gasteiger partial charge in [-0.25, -0.2) is 0 Å². The number of hydrogen-bond donors (Lipinski definition) is 3. The first-order valence-corrected chi connectivity index (χ1v) is 4.94.